The topological polar surface area (TPSA) is 93.5 Å². The van der Waals surface area contributed by atoms with Crippen LogP contribution in [0.5, 0.6) is 5.75 Å². The molecular formula is C30H35ClN4O4S. The van der Waals surface area contributed by atoms with Gasteiger partial charge in [0.2, 0.25) is 5.91 Å². The van der Waals surface area contributed by atoms with Gasteiger partial charge in [0, 0.05) is 36.3 Å². The third-order valence-corrected chi connectivity index (χ3v) is 10.4. The van der Waals surface area contributed by atoms with Crippen molar-refractivity contribution in [3.63, 3.8) is 0 Å². The Hall–Kier alpha value is -3.04. The number of nitrogens with zero attached hydrogens (tertiary/aromatic N) is 3. The lowest BCUT2D eigenvalue weighted by Gasteiger charge is -2.42. The van der Waals surface area contributed by atoms with E-state index in [0.717, 1.165) is 48.8 Å². The van der Waals surface area contributed by atoms with Gasteiger partial charge < -0.3 is 9.64 Å². The van der Waals surface area contributed by atoms with E-state index in [2.05, 4.69) is 26.9 Å². The van der Waals surface area contributed by atoms with Crippen LogP contribution in [0.1, 0.15) is 54.6 Å². The molecule has 0 unspecified atom stereocenters. The first-order valence-electron chi connectivity index (χ1n) is 14.0. The van der Waals surface area contributed by atoms with E-state index in [0.29, 0.717) is 24.0 Å². The maximum Gasteiger partial charge on any atom is 0.264 e. The van der Waals surface area contributed by atoms with Crippen molar-refractivity contribution in [2.75, 3.05) is 24.6 Å². The van der Waals surface area contributed by atoms with Crippen LogP contribution in [0, 0.1) is 12.8 Å². The predicted molar refractivity (Wildman–Crippen MR) is 155 cm³/mol. The lowest BCUT2D eigenvalue weighted by molar-refractivity contribution is -0.118. The molecule has 1 saturated carbocycles. The van der Waals surface area contributed by atoms with E-state index >= 15 is 0 Å². The monoisotopic (exact) mass is 582 g/mol. The van der Waals surface area contributed by atoms with E-state index in [1.165, 1.54) is 36.5 Å². The first kappa shape index (κ1) is 27.1. The van der Waals surface area contributed by atoms with Crippen LogP contribution in [-0.2, 0) is 40.1 Å². The van der Waals surface area contributed by atoms with Crippen LogP contribution in [0.2, 0.25) is 5.02 Å². The summed E-state index contributed by atoms with van der Waals surface area (Å²) in [5.74, 6) is 0.622. The second-order valence-electron chi connectivity index (χ2n) is 11.6. The highest BCUT2D eigenvalue weighted by atomic mass is 35.5. The van der Waals surface area contributed by atoms with E-state index in [1.807, 2.05) is 13.0 Å². The minimum absolute atomic E-state index is 0.0470. The van der Waals surface area contributed by atoms with E-state index in [9.17, 15) is 13.2 Å². The maximum atomic E-state index is 13.3. The van der Waals surface area contributed by atoms with Gasteiger partial charge in [-0.25, -0.2) is 13.1 Å². The molecule has 1 amide bonds. The van der Waals surface area contributed by atoms with Gasteiger partial charge in [0.1, 0.15) is 5.75 Å². The van der Waals surface area contributed by atoms with Crippen molar-refractivity contribution in [2.45, 2.75) is 62.2 Å². The summed E-state index contributed by atoms with van der Waals surface area (Å²) in [6, 6.07) is 12.9. The number of benzene rings is 2. The number of amides is 1. The number of ether oxygens (including phenoxy) is 1. The summed E-state index contributed by atoms with van der Waals surface area (Å²) in [4.78, 5) is 15.1. The first-order valence-corrected chi connectivity index (χ1v) is 15.8. The molecular weight excluding hydrogens is 548 g/mol. The molecule has 2 aliphatic carbocycles. The van der Waals surface area contributed by atoms with Crippen LogP contribution in [0.15, 0.2) is 47.4 Å². The van der Waals surface area contributed by atoms with Gasteiger partial charge in [0.05, 0.1) is 29.3 Å². The van der Waals surface area contributed by atoms with E-state index in [-0.39, 0.29) is 16.7 Å². The van der Waals surface area contributed by atoms with Gasteiger partial charge in [-0.3, -0.25) is 9.48 Å². The second kappa shape index (κ2) is 10.4. The largest absolute Gasteiger partial charge is 0.490 e. The third kappa shape index (κ3) is 5.21. The predicted octanol–water partition coefficient (Wildman–Crippen LogP) is 4.70. The number of carbonyl (C=O) groups is 1. The Morgan fingerprint density at radius 1 is 1.18 bits per heavy atom. The molecule has 212 valence electrons. The molecule has 0 bridgehead atoms. The smallest absolute Gasteiger partial charge is 0.264 e. The Morgan fingerprint density at radius 3 is 2.73 bits per heavy atom. The molecule has 1 aromatic heterocycles. The highest BCUT2D eigenvalue weighted by molar-refractivity contribution is 7.90. The average molecular weight is 583 g/mol. The van der Waals surface area contributed by atoms with Crippen LogP contribution in [-0.4, -0.2) is 43.8 Å². The van der Waals surface area contributed by atoms with Gasteiger partial charge >= 0.3 is 0 Å². The van der Waals surface area contributed by atoms with Crippen molar-refractivity contribution in [1.82, 2.24) is 14.5 Å². The number of hydrogen-bond acceptors (Lipinski definition) is 6. The Kier molecular flexibility index (Phi) is 7.07. The quantitative estimate of drug-likeness (QED) is 0.453. The molecule has 6 rings (SSSR count). The summed E-state index contributed by atoms with van der Waals surface area (Å²) < 4.78 is 37.0. The Balaban J connectivity index is 1.30. The maximum absolute atomic E-state index is 13.3. The van der Waals surface area contributed by atoms with Crippen LogP contribution in [0.25, 0.3) is 0 Å². The summed E-state index contributed by atoms with van der Waals surface area (Å²) >= 11 is 6.35. The normalized spacial score (nSPS) is 20.7. The minimum atomic E-state index is -4.09. The summed E-state index contributed by atoms with van der Waals surface area (Å²) in [6.07, 6.45) is 6.49. The SMILES string of the molecule is Cc1cc(CC(=O)NS(=O)(=O)c2ccc3c(c2)N(CC2CCC2)C[C@@]2(CCCc4cc(Cl)ccc42)CO3)nn1C. The number of halogens is 1. The first-order chi connectivity index (χ1) is 19.1. The van der Waals surface area contributed by atoms with Gasteiger partial charge in [-0.15, -0.1) is 0 Å². The van der Waals surface area contributed by atoms with Gasteiger partial charge in [-0.1, -0.05) is 24.1 Å². The zero-order valence-corrected chi connectivity index (χ0v) is 24.5. The number of anilines is 1. The average Bonchev–Trinajstić information content (AvgIpc) is 3.10. The molecule has 8 nitrogen and oxygen atoms in total. The number of sulfonamides is 1. The molecule has 10 heteroatoms. The molecule has 1 N–H and O–H groups in total. The molecule has 3 aliphatic rings. The molecule has 2 aromatic carbocycles. The number of nitrogens with one attached hydrogen (secondary N) is 1. The Bertz CT molecular complexity index is 1550. The van der Waals surface area contributed by atoms with E-state index in [4.69, 9.17) is 16.3 Å². The lowest BCUT2D eigenvalue weighted by Crippen LogP contribution is -2.47. The number of hydrogen-bond donors (Lipinski definition) is 1. The number of aromatic nitrogens is 2. The molecule has 0 saturated heterocycles. The van der Waals surface area contributed by atoms with Crippen molar-refractivity contribution in [3.8, 4) is 5.75 Å². The molecule has 1 fully saturated rings. The van der Waals surface area contributed by atoms with Crippen molar-refractivity contribution in [2.24, 2.45) is 13.0 Å². The van der Waals surface area contributed by atoms with Crippen molar-refractivity contribution in [3.05, 3.63) is 70.0 Å². The fraction of sp³-hybridized carbons (Fsp3) is 0.467. The lowest BCUT2D eigenvalue weighted by atomic mass is 9.70. The van der Waals surface area contributed by atoms with Crippen LogP contribution >= 0.6 is 11.6 Å². The molecule has 1 spiro atoms. The van der Waals surface area contributed by atoms with Crippen molar-refractivity contribution < 1.29 is 17.9 Å². The van der Waals surface area contributed by atoms with Crippen molar-refractivity contribution in [1.29, 1.82) is 0 Å². The van der Waals surface area contributed by atoms with Crippen LogP contribution in [0.4, 0.5) is 5.69 Å². The van der Waals surface area contributed by atoms with Gasteiger partial charge in [-0.2, -0.15) is 5.10 Å². The fourth-order valence-corrected chi connectivity index (χ4v) is 7.58. The highest BCUT2D eigenvalue weighted by Gasteiger charge is 2.42. The van der Waals surface area contributed by atoms with Gasteiger partial charge in [0.15, 0.2) is 0 Å². The number of aryl methyl sites for hydroxylation is 3. The standard InChI is InChI=1S/C30H35ClN4O4S/c1-20-13-24(32-34(20)2)15-29(36)33-40(37,38)25-9-11-28-27(16-25)35(17-21-5-3-6-21)18-30(19-39-28)12-4-7-22-14-23(31)8-10-26(22)30/h8-11,13-14,16,21H,3-7,12,15,17-19H2,1-2H3,(H,33,36)/t30-/m0/s1. The molecule has 1 atom stereocenters. The minimum Gasteiger partial charge on any atom is -0.490 e. The molecule has 1 aliphatic heterocycles. The summed E-state index contributed by atoms with van der Waals surface area (Å²) in [6.45, 7) is 3.97. The summed E-state index contributed by atoms with van der Waals surface area (Å²) in [5.41, 5.74) is 4.51. The zero-order chi connectivity index (χ0) is 28.1. The number of carbonyl (C=O) groups excluding carboxylic acids is 1. The van der Waals surface area contributed by atoms with Crippen molar-refractivity contribution >= 4 is 33.2 Å². The number of rotatable bonds is 6. The van der Waals surface area contributed by atoms with Gasteiger partial charge in [0.25, 0.3) is 10.0 Å². The molecule has 0 radical (unpaired) electrons. The van der Waals surface area contributed by atoms with E-state index in [1.54, 1.807) is 29.9 Å². The fourth-order valence-electron chi connectivity index (χ4n) is 6.38. The number of fused-ring (bicyclic) bond motifs is 3. The summed E-state index contributed by atoms with van der Waals surface area (Å²) in [7, 11) is -2.31. The zero-order valence-electron chi connectivity index (χ0n) is 23.0. The van der Waals surface area contributed by atoms with Gasteiger partial charge in [-0.05, 0) is 92.5 Å². The third-order valence-electron chi connectivity index (χ3n) is 8.78. The Labute approximate surface area is 240 Å². The van der Waals surface area contributed by atoms with E-state index < -0.39 is 15.9 Å². The highest BCUT2D eigenvalue weighted by Crippen LogP contribution is 2.45. The van der Waals surface area contributed by atoms with Crippen LogP contribution in [0.3, 0.4) is 0 Å². The summed E-state index contributed by atoms with van der Waals surface area (Å²) in [5, 5.41) is 5.01. The Morgan fingerprint density at radius 2 is 2.00 bits per heavy atom. The molecule has 40 heavy (non-hydrogen) atoms. The van der Waals surface area contributed by atoms with Crippen LogP contribution < -0.4 is 14.4 Å². The molecule has 2 heterocycles. The molecule has 3 aromatic rings. The second-order valence-corrected chi connectivity index (χ2v) is 13.8.